The van der Waals surface area contributed by atoms with Crippen LogP contribution in [0.4, 0.5) is 5.82 Å². The Bertz CT molecular complexity index is 1650. The summed E-state index contributed by atoms with van der Waals surface area (Å²) in [6.45, 7) is 2.74. The van der Waals surface area contributed by atoms with Crippen LogP contribution in [-0.2, 0) is 4.74 Å². The average Bonchev–Trinajstić information content (AvgIpc) is 3.57. The molecule has 2 atom stereocenters. The Balaban J connectivity index is 1.36. The molecule has 188 valence electrons. The highest BCUT2D eigenvalue weighted by Crippen LogP contribution is 2.45. The van der Waals surface area contributed by atoms with Gasteiger partial charge >= 0.3 is 0 Å². The van der Waals surface area contributed by atoms with Gasteiger partial charge in [0.05, 0.1) is 17.9 Å². The first kappa shape index (κ1) is 22.6. The SMILES string of the molecule is Cc1csc2cc(C(Nc3ncnc4c3ncn4C3CCCCO3)C3CC3)c(-c3ccccc3)c(=O)n12. The summed E-state index contributed by atoms with van der Waals surface area (Å²) in [7, 11) is 0. The lowest BCUT2D eigenvalue weighted by Crippen LogP contribution is -2.23. The molecule has 1 aromatic carbocycles. The number of imidazole rings is 1. The smallest absolute Gasteiger partial charge is 0.264 e. The Morgan fingerprint density at radius 2 is 1.97 bits per heavy atom. The highest BCUT2D eigenvalue weighted by Gasteiger charge is 2.36. The Hall–Kier alpha value is -3.56. The highest BCUT2D eigenvalue weighted by molar-refractivity contribution is 7.15. The minimum atomic E-state index is -0.0653. The van der Waals surface area contributed by atoms with Crippen molar-refractivity contribution in [3.63, 3.8) is 0 Å². The molecule has 0 spiro atoms. The fourth-order valence-corrected chi connectivity index (χ4v) is 6.43. The largest absolute Gasteiger partial charge is 0.361 e. The van der Waals surface area contributed by atoms with E-state index in [4.69, 9.17) is 9.72 Å². The number of anilines is 1. The van der Waals surface area contributed by atoms with Gasteiger partial charge in [-0.15, -0.1) is 11.3 Å². The van der Waals surface area contributed by atoms with Gasteiger partial charge < -0.3 is 10.1 Å². The molecule has 1 saturated carbocycles. The van der Waals surface area contributed by atoms with Crippen LogP contribution in [0.5, 0.6) is 0 Å². The summed E-state index contributed by atoms with van der Waals surface area (Å²) in [6.07, 6.45) is 8.74. The van der Waals surface area contributed by atoms with Crippen molar-refractivity contribution in [3.8, 4) is 11.1 Å². The van der Waals surface area contributed by atoms with Gasteiger partial charge in [-0.2, -0.15) is 0 Å². The lowest BCUT2D eigenvalue weighted by atomic mass is 9.93. The van der Waals surface area contributed by atoms with Crippen LogP contribution in [0.25, 0.3) is 27.1 Å². The number of fused-ring (bicyclic) bond motifs is 2. The third-order valence-electron chi connectivity index (χ3n) is 7.52. The van der Waals surface area contributed by atoms with Gasteiger partial charge in [0.1, 0.15) is 17.4 Å². The van der Waals surface area contributed by atoms with E-state index in [0.717, 1.165) is 77.1 Å². The molecule has 0 radical (unpaired) electrons. The molecule has 1 aliphatic carbocycles. The van der Waals surface area contributed by atoms with Gasteiger partial charge in [0.25, 0.3) is 5.56 Å². The van der Waals surface area contributed by atoms with Crippen molar-refractivity contribution >= 4 is 33.1 Å². The number of nitrogens with one attached hydrogen (secondary N) is 1. The molecule has 0 bridgehead atoms. The van der Waals surface area contributed by atoms with Gasteiger partial charge in [-0.05, 0) is 62.1 Å². The predicted molar refractivity (Wildman–Crippen MR) is 145 cm³/mol. The van der Waals surface area contributed by atoms with Gasteiger partial charge in [-0.1, -0.05) is 30.3 Å². The van der Waals surface area contributed by atoms with Crippen LogP contribution in [0.15, 0.2) is 59.2 Å². The van der Waals surface area contributed by atoms with Crippen molar-refractivity contribution in [2.75, 3.05) is 11.9 Å². The van der Waals surface area contributed by atoms with Crippen LogP contribution < -0.4 is 10.9 Å². The highest BCUT2D eigenvalue weighted by atomic mass is 32.1. The first-order valence-corrected chi connectivity index (χ1v) is 13.8. The Labute approximate surface area is 218 Å². The van der Waals surface area contributed by atoms with Gasteiger partial charge in [-0.3, -0.25) is 13.8 Å². The number of thiazole rings is 1. The topological polar surface area (TPSA) is 86.3 Å². The molecule has 2 aliphatic rings. The molecule has 0 amide bonds. The molecule has 7 rings (SSSR count). The van der Waals surface area contributed by atoms with E-state index in [-0.39, 0.29) is 17.8 Å². The first-order chi connectivity index (χ1) is 18.2. The number of aryl methyl sites for hydroxylation is 1. The molecule has 8 nitrogen and oxygen atoms in total. The van der Waals surface area contributed by atoms with E-state index >= 15 is 0 Å². The van der Waals surface area contributed by atoms with E-state index in [1.807, 2.05) is 57.9 Å². The molecule has 5 aromatic rings. The lowest BCUT2D eigenvalue weighted by molar-refractivity contribution is -0.0298. The van der Waals surface area contributed by atoms with Crippen molar-refractivity contribution < 1.29 is 4.74 Å². The second-order valence-corrected chi connectivity index (χ2v) is 10.9. The van der Waals surface area contributed by atoms with Crippen LogP contribution in [-0.4, -0.2) is 30.5 Å². The molecular formula is C28H28N6O2S. The molecule has 1 N–H and O–H groups in total. The van der Waals surface area contributed by atoms with Crippen LogP contribution in [0.1, 0.15) is 55.6 Å². The van der Waals surface area contributed by atoms with Gasteiger partial charge in [0.2, 0.25) is 0 Å². The van der Waals surface area contributed by atoms with Crippen molar-refractivity contribution in [1.82, 2.24) is 23.9 Å². The summed E-state index contributed by atoms with van der Waals surface area (Å²) in [4.78, 5) is 28.7. The molecule has 5 heterocycles. The van der Waals surface area contributed by atoms with Crippen molar-refractivity contribution in [3.05, 3.63) is 76.0 Å². The number of hydrogen-bond donors (Lipinski definition) is 1. The Kier molecular flexibility index (Phi) is 5.55. The normalized spacial score (nSPS) is 18.9. The zero-order chi connectivity index (χ0) is 24.9. The predicted octanol–water partition coefficient (Wildman–Crippen LogP) is 5.74. The standard InChI is InChI=1S/C28H28N6O2S/c1-17-14-37-22-13-20(23(28(35)34(17)22)18-7-3-2-4-8-18)24(19-10-11-19)32-26-25-27(30-15-29-26)33(16-31-25)21-9-5-6-12-36-21/h2-4,7-8,13-16,19,21,24H,5-6,9-12H2,1H3,(H,29,30,32). The fraction of sp³-hybridized carbons (Fsp3) is 0.357. The van der Waals surface area contributed by atoms with E-state index in [0.29, 0.717) is 11.7 Å². The molecule has 1 aliphatic heterocycles. The number of pyridine rings is 1. The van der Waals surface area contributed by atoms with Crippen molar-refractivity contribution in [1.29, 1.82) is 0 Å². The number of benzene rings is 1. The van der Waals surface area contributed by atoms with Crippen LogP contribution >= 0.6 is 11.3 Å². The summed E-state index contributed by atoms with van der Waals surface area (Å²) in [5.74, 6) is 1.11. The molecule has 1 saturated heterocycles. The molecule has 37 heavy (non-hydrogen) atoms. The van der Waals surface area contributed by atoms with E-state index < -0.39 is 0 Å². The first-order valence-electron chi connectivity index (χ1n) is 12.9. The van der Waals surface area contributed by atoms with E-state index in [1.54, 1.807) is 17.7 Å². The molecule has 9 heteroatoms. The zero-order valence-electron chi connectivity index (χ0n) is 20.6. The van der Waals surface area contributed by atoms with Gasteiger partial charge in [-0.25, -0.2) is 15.0 Å². The average molecular weight is 513 g/mol. The van der Waals surface area contributed by atoms with Crippen LogP contribution in [0, 0.1) is 12.8 Å². The quantitative estimate of drug-likeness (QED) is 0.312. The summed E-state index contributed by atoms with van der Waals surface area (Å²) in [5.41, 5.74) is 5.17. The van der Waals surface area contributed by atoms with Gasteiger partial charge in [0.15, 0.2) is 17.0 Å². The molecule has 4 aromatic heterocycles. The molecule has 2 unspecified atom stereocenters. The molecule has 2 fully saturated rings. The van der Waals surface area contributed by atoms with E-state index in [1.165, 1.54) is 0 Å². The number of rotatable bonds is 6. The minimum Gasteiger partial charge on any atom is -0.361 e. The Morgan fingerprint density at radius 3 is 2.76 bits per heavy atom. The maximum atomic E-state index is 13.9. The van der Waals surface area contributed by atoms with E-state index in [2.05, 4.69) is 21.4 Å². The monoisotopic (exact) mass is 512 g/mol. The number of hydrogen-bond acceptors (Lipinski definition) is 7. The fourth-order valence-electron chi connectivity index (χ4n) is 5.50. The third-order valence-corrected chi connectivity index (χ3v) is 8.52. The minimum absolute atomic E-state index is 0.0245. The second kappa shape index (κ2) is 9.08. The van der Waals surface area contributed by atoms with Crippen molar-refractivity contribution in [2.45, 2.75) is 51.3 Å². The van der Waals surface area contributed by atoms with Crippen LogP contribution in [0.3, 0.4) is 0 Å². The maximum Gasteiger partial charge on any atom is 0.264 e. The van der Waals surface area contributed by atoms with Crippen LogP contribution in [0.2, 0.25) is 0 Å². The summed E-state index contributed by atoms with van der Waals surface area (Å²) < 4.78 is 9.85. The third kappa shape index (κ3) is 3.93. The number of nitrogens with zero attached hydrogens (tertiary/aromatic N) is 5. The lowest BCUT2D eigenvalue weighted by Gasteiger charge is -2.24. The zero-order valence-corrected chi connectivity index (χ0v) is 21.4. The maximum absolute atomic E-state index is 13.9. The number of ether oxygens (including phenoxy) is 1. The Morgan fingerprint density at radius 1 is 1.11 bits per heavy atom. The second-order valence-electron chi connectivity index (χ2n) is 10.0. The van der Waals surface area contributed by atoms with Crippen molar-refractivity contribution in [2.24, 2.45) is 5.92 Å². The summed E-state index contributed by atoms with van der Waals surface area (Å²) >= 11 is 1.60. The summed E-state index contributed by atoms with van der Waals surface area (Å²) in [6, 6.07) is 12.1. The molecular weight excluding hydrogens is 484 g/mol. The summed E-state index contributed by atoms with van der Waals surface area (Å²) in [5, 5.41) is 5.76. The van der Waals surface area contributed by atoms with Gasteiger partial charge in [0, 0.05) is 17.7 Å². The van der Waals surface area contributed by atoms with E-state index in [9.17, 15) is 4.79 Å². The number of aromatic nitrogens is 5.